The van der Waals surface area contributed by atoms with Crippen molar-refractivity contribution >= 4 is 23.2 Å². The molecule has 1 amide bonds. The molecule has 6 nitrogen and oxygen atoms in total. The van der Waals surface area contributed by atoms with Gasteiger partial charge in [-0.2, -0.15) is 0 Å². The van der Waals surface area contributed by atoms with Crippen LogP contribution in [0.15, 0.2) is 36.7 Å². The van der Waals surface area contributed by atoms with Crippen LogP contribution in [-0.4, -0.2) is 15.9 Å². The Balaban J connectivity index is 2.12. The Labute approximate surface area is 117 Å². The molecular formula is C14H17N5O. The van der Waals surface area contributed by atoms with Crippen LogP contribution in [0.5, 0.6) is 0 Å². The lowest BCUT2D eigenvalue weighted by Gasteiger charge is -2.16. The first-order valence-electron chi connectivity index (χ1n) is 6.26. The number of benzene rings is 1. The molecule has 1 aromatic heterocycles. The Bertz CT molecular complexity index is 614. The predicted octanol–water partition coefficient (Wildman–Crippen LogP) is 2.19. The van der Waals surface area contributed by atoms with Crippen molar-refractivity contribution in [3.8, 4) is 0 Å². The van der Waals surface area contributed by atoms with Gasteiger partial charge in [-0.1, -0.05) is 12.1 Å². The van der Waals surface area contributed by atoms with Gasteiger partial charge < -0.3 is 16.4 Å². The fourth-order valence-electron chi connectivity index (χ4n) is 1.84. The van der Waals surface area contributed by atoms with Crippen molar-refractivity contribution in [3.05, 3.63) is 42.2 Å². The number of nitrogens with one attached hydrogen (secondary N) is 2. The van der Waals surface area contributed by atoms with Gasteiger partial charge in [0.1, 0.15) is 11.6 Å². The minimum atomic E-state index is -0.0931. The van der Waals surface area contributed by atoms with E-state index in [-0.39, 0.29) is 11.9 Å². The summed E-state index contributed by atoms with van der Waals surface area (Å²) in [5.41, 5.74) is 7.39. The molecule has 6 heteroatoms. The first-order valence-corrected chi connectivity index (χ1v) is 6.26. The van der Waals surface area contributed by atoms with E-state index in [1.165, 1.54) is 13.1 Å². The average molecular weight is 271 g/mol. The number of aromatic nitrogens is 2. The Morgan fingerprint density at radius 2 is 2.15 bits per heavy atom. The van der Waals surface area contributed by atoms with Crippen LogP contribution in [0.3, 0.4) is 0 Å². The maximum Gasteiger partial charge on any atom is 0.221 e. The van der Waals surface area contributed by atoms with E-state index in [1.54, 1.807) is 6.20 Å². The number of anilines is 3. The number of rotatable bonds is 4. The van der Waals surface area contributed by atoms with Crippen molar-refractivity contribution < 1.29 is 4.79 Å². The molecule has 0 aliphatic carbocycles. The molecule has 1 aromatic carbocycles. The van der Waals surface area contributed by atoms with Gasteiger partial charge >= 0.3 is 0 Å². The number of carbonyl (C=O) groups is 1. The number of hydrogen-bond donors (Lipinski definition) is 3. The van der Waals surface area contributed by atoms with Gasteiger partial charge in [0, 0.05) is 12.6 Å². The molecule has 1 atom stereocenters. The normalized spacial score (nSPS) is 11.7. The molecule has 0 aliphatic rings. The lowest BCUT2D eigenvalue weighted by atomic mass is 10.1. The Morgan fingerprint density at radius 3 is 2.85 bits per heavy atom. The van der Waals surface area contributed by atoms with Crippen LogP contribution < -0.4 is 16.4 Å². The van der Waals surface area contributed by atoms with Crippen LogP contribution in [0.2, 0.25) is 0 Å². The highest BCUT2D eigenvalue weighted by atomic mass is 16.1. The summed E-state index contributed by atoms with van der Waals surface area (Å²) in [7, 11) is 0. The summed E-state index contributed by atoms with van der Waals surface area (Å²) >= 11 is 0. The number of carbonyl (C=O) groups excluding carboxylic acids is 1. The van der Waals surface area contributed by atoms with E-state index < -0.39 is 0 Å². The second kappa shape index (κ2) is 6.01. The van der Waals surface area contributed by atoms with Crippen LogP contribution in [0, 0.1) is 0 Å². The van der Waals surface area contributed by atoms with Crippen molar-refractivity contribution in [2.75, 3.05) is 16.4 Å². The topological polar surface area (TPSA) is 92.9 Å². The molecule has 0 spiro atoms. The Hall–Kier alpha value is -2.63. The monoisotopic (exact) mass is 271 g/mol. The largest absolute Gasteiger partial charge is 0.382 e. The summed E-state index contributed by atoms with van der Waals surface area (Å²) in [6.07, 6.45) is 3.11. The lowest BCUT2D eigenvalue weighted by molar-refractivity contribution is -0.114. The fourth-order valence-corrected chi connectivity index (χ4v) is 1.84. The van der Waals surface area contributed by atoms with Crippen molar-refractivity contribution in [2.45, 2.75) is 19.9 Å². The minimum absolute atomic E-state index is 0.0137. The molecule has 2 aromatic rings. The molecule has 0 saturated heterocycles. The molecule has 104 valence electrons. The van der Waals surface area contributed by atoms with Gasteiger partial charge in [0.2, 0.25) is 5.91 Å². The van der Waals surface area contributed by atoms with Crippen molar-refractivity contribution in [3.63, 3.8) is 0 Å². The van der Waals surface area contributed by atoms with E-state index in [4.69, 9.17) is 5.73 Å². The maximum atomic E-state index is 11.1. The van der Waals surface area contributed by atoms with E-state index in [9.17, 15) is 4.79 Å². The van der Waals surface area contributed by atoms with E-state index in [1.807, 2.05) is 31.2 Å². The summed E-state index contributed by atoms with van der Waals surface area (Å²) < 4.78 is 0. The van der Waals surface area contributed by atoms with Crippen LogP contribution in [0.25, 0.3) is 0 Å². The number of hydrogen-bond acceptors (Lipinski definition) is 5. The smallest absolute Gasteiger partial charge is 0.221 e. The zero-order valence-corrected chi connectivity index (χ0v) is 11.4. The van der Waals surface area contributed by atoms with Gasteiger partial charge in [0.05, 0.1) is 18.4 Å². The van der Waals surface area contributed by atoms with Crippen LogP contribution >= 0.6 is 0 Å². The molecule has 0 aliphatic heterocycles. The highest BCUT2D eigenvalue weighted by Gasteiger charge is 2.07. The van der Waals surface area contributed by atoms with Crippen molar-refractivity contribution in [1.82, 2.24) is 9.97 Å². The summed E-state index contributed by atoms with van der Waals surface area (Å²) in [4.78, 5) is 19.2. The molecule has 0 fully saturated rings. The van der Waals surface area contributed by atoms with Gasteiger partial charge in [-0.3, -0.25) is 9.78 Å². The predicted molar refractivity (Wildman–Crippen MR) is 79.2 cm³/mol. The van der Waals surface area contributed by atoms with Gasteiger partial charge in [-0.25, -0.2) is 4.98 Å². The first-order chi connectivity index (χ1) is 9.54. The Morgan fingerprint density at radius 1 is 1.35 bits per heavy atom. The fraction of sp³-hybridized carbons (Fsp3) is 0.214. The third kappa shape index (κ3) is 3.68. The van der Waals surface area contributed by atoms with Crippen LogP contribution in [0.1, 0.15) is 25.5 Å². The summed E-state index contributed by atoms with van der Waals surface area (Å²) in [6, 6.07) is 7.64. The molecular weight excluding hydrogens is 254 g/mol. The number of nitrogen functional groups attached to an aromatic ring is 1. The summed E-state index contributed by atoms with van der Waals surface area (Å²) in [5.74, 6) is 0.890. The van der Waals surface area contributed by atoms with Crippen LogP contribution in [0.4, 0.5) is 17.3 Å². The summed E-state index contributed by atoms with van der Waals surface area (Å²) in [6.45, 7) is 3.48. The Kier molecular flexibility index (Phi) is 4.14. The van der Waals surface area contributed by atoms with Crippen molar-refractivity contribution in [1.29, 1.82) is 0 Å². The van der Waals surface area contributed by atoms with Gasteiger partial charge in [-0.15, -0.1) is 0 Å². The number of nitrogens with two attached hydrogens (primary N) is 1. The number of amides is 1. The SMILES string of the molecule is CC(=O)Nc1cccc(C(C)Nc2cncc(N)n2)c1. The number of nitrogens with zero attached hydrogens (tertiary/aromatic N) is 2. The molecule has 20 heavy (non-hydrogen) atoms. The second-order valence-electron chi connectivity index (χ2n) is 4.50. The maximum absolute atomic E-state index is 11.1. The van der Waals surface area contributed by atoms with E-state index in [2.05, 4.69) is 20.6 Å². The highest BCUT2D eigenvalue weighted by Crippen LogP contribution is 2.20. The van der Waals surface area contributed by atoms with Gasteiger partial charge in [0.25, 0.3) is 0 Å². The van der Waals surface area contributed by atoms with E-state index in [0.29, 0.717) is 11.6 Å². The minimum Gasteiger partial charge on any atom is -0.382 e. The van der Waals surface area contributed by atoms with Crippen molar-refractivity contribution in [2.24, 2.45) is 0 Å². The zero-order valence-electron chi connectivity index (χ0n) is 11.4. The third-order valence-electron chi connectivity index (χ3n) is 2.72. The molecule has 0 radical (unpaired) electrons. The molecule has 1 unspecified atom stereocenters. The molecule has 4 N–H and O–H groups in total. The van der Waals surface area contributed by atoms with Gasteiger partial charge in [-0.05, 0) is 24.6 Å². The zero-order chi connectivity index (χ0) is 14.5. The van der Waals surface area contributed by atoms with Gasteiger partial charge in [0.15, 0.2) is 0 Å². The average Bonchev–Trinajstić information content (AvgIpc) is 2.38. The van der Waals surface area contributed by atoms with E-state index in [0.717, 1.165) is 11.3 Å². The lowest BCUT2D eigenvalue weighted by Crippen LogP contribution is -2.10. The molecule has 2 rings (SSSR count). The first kappa shape index (κ1) is 13.8. The summed E-state index contributed by atoms with van der Waals surface area (Å²) in [5, 5.41) is 5.97. The third-order valence-corrected chi connectivity index (χ3v) is 2.72. The molecule has 0 saturated carbocycles. The standard InChI is InChI=1S/C14H17N5O/c1-9(17-14-8-16-7-13(15)19-14)11-4-3-5-12(6-11)18-10(2)20/h3-9H,1-2H3,(H,18,20)(H3,15,17,19). The quantitative estimate of drug-likeness (QED) is 0.792. The van der Waals surface area contributed by atoms with E-state index >= 15 is 0 Å². The molecule has 1 heterocycles. The second-order valence-corrected chi connectivity index (χ2v) is 4.50. The van der Waals surface area contributed by atoms with Crippen LogP contribution in [-0.2, 0) is 4.79 Å². The molecule has 0 bridgehead atoms. The highest BCUT2D eigenvalue weighted by molar-refractivity contribution is 5.88.